The first-order chi connectivity index (χ1) is 12.1. The molecule has 128 valence electrons. The van der Waals surface area contributed by atoms with Gasteiger partial charge in [-0.3, -0.25) is 4.79 Å². The Morgan fingerprint density at radius 1 is 1.08 bits per heavy atom. The number of carbonyl (C=O) groups excluding carboxylic acids is 2. The van der Waals surface area contributed by atoms with Crippen LogP contribution in [0.4, 0.5) is 0 Å². The third-order valence-electron chi connectivity index (χ3n) is 3.99. The molecule has 0 spiro atoms. The maximum absolute atomic E-state index is 12.7. The van der Waals surface area contributed by atoms with Crippen LogP contribution < -0.4 is 0 Å². The summed E-state index contributed by atoms with van der Waals surface area (Å²) in [6.07, 6.45) is 0.132. The fourth-order valence-electron chi connectivity index (χ4n) is 2.82. The first-order valence-corrected chi connectivity index (χ1v) is 8.20. The van der Waals surface area contributed by atoms with Crippen LogP contribution in [-0.2, 0) is 25.5 Å². The van der Waals surface area contributed by atoms with Gasteiger partial charge in [0.1, 0.15) is 0 Å². The zero-order valence-electron chi connectivity index (χ0n) is 14.0. The number of hydrogen-bond acceptors (Lipinski definition) is 5. The molecule has 5 heteroatoms. The number of aliphatic imine (C=N–C) groups is 1. The smallest absolute Gasteiger partial charge is 0.341 e. The average molecular weight is 337 g/mol. The van der Waals surface area contributed by atoms with E-state index >= 15 is 0 Å². The molecule has 0 unspecified atom stereocenters. The Labute approximate surface area is 146 Å². The SMILES string of the molecule is CCOC(=O)C[C@@]1(Cc2ccccc2)N=C(c2ccccc2)OC1=O. The quantitative estimate of drug-likeness (QED) is 0.760. The van der Waals surface area contributed by atoms with E-state index in [1.807, 2.05) is 60.7 Å². The number of esters is 2. The minimum absolute atomic E-state index is 0.148. The van der Waals surface area contributed by atoms with Gasteiger partial charge in [0.05, 0.1) is 13.0 Å². The lowest BCUT2D eigenvalue weighted by Crippen LogP contribution is -2.39. The standard InChI is InChI=1S/C20H19NO4/c1-2-24-17(22)14-20(13-15-9-5-3-6-10-15)19(23)25-18(21-20)16-11-7-4-8-12-16/h3-12H,2,13-14H2,1H3/t20-/m1/s1. The van der Waals surface area contributed by atoms with Crippen LogP contribution in [0.3, 0.4) is 0 Å². The van der Waals surface area contributed by atoms with Crippen molar-refractivity contribution in [3.05, 3.63) is 71.8 Å². The van der Waals surface area contributed by atoms with Gasteiger partial charge in [0.15, 0.2) is 5.54 Å². The van der Waals surface area contributed by atoms with E-state index in [4.69, 9.17) is 9.47 Å². The number of rotatable bonds is 6. The van der Waals surface area contributed by atoms with Crippen LogP contribution in [0.25, 0.3) is 0 Å². The highest BCUT2D eigenvalue weighted by molar-refractivity contribution is 6.09. The van der Waals surface area contributed by atoms with Crippen molar-refractivity contribution in [2.24, 2.45) is 4.99 Å². The van der Waals surface area contributed by atoms with E-state index in [-0.39, 0.29) is 25.3 Å². The summed E-state index contributed by atoms with van der Waals surface area (Å²) in [6, 6.07) is 18.6. The highest BCUT2D eigenvalue weighted by atomic mass is 16.6. The summed E-state index contributed by atoms with van der Waals surface area (Å²) in [6.45, 7) is 1.98. The molecular formula is C20H19NO4. The molecule has 1 heterocycles. The molecule has 0 N–H and O–H groups in total. The van der Waals surface area contributed by atoms with Crippen LogP contribution in [0.1, 0.15) is 24.5 Å². The maximum atomic E-state index is 12.7. The summed E-state index contributed by atoms with van der Waals surface area (Å²) in [7, 11) is 0. The molecule has 0 radical (unpaired) electrons. The van der Waals surface area contributed by atoms with E-state index in [0.717, 1.165) is 5.56 Å². The van der Waals surface area contributed by atoms with E-state index in [0.29, 0.717) is 5.56 Å². The van der Waals surface area contributed by atoms with Gasteiger partial charge in [-0.1, -0.05) is 48.5 Å². The molecule has 5 nitrogen and oxygen atoms in total. The second kappa shape index (κ2) is 7.30. The Morgan fingerprint density at radius 3 is 2.36 bits per heavy atom. The fourth-order valence-corrected chi connectivity index (χ4v) is 2.82. The highest BCUT2D eigenvalue weighted by Gasteiger charge is 2.48. The monoisotopic (exact) mass is 337 g/mol. The van der Waals surface area contributed by atoms with E-state index in [1.165, 1.54) is 0 Å². The molecule has 0 saturated heterocycles. The average Bonchev–Trinajstić information content (AvgIpc) is 2.93. The molecule has 2 aromatic rings. The van der Waals surface area contributed by atoms with Gasteiger partial charge in [-0.05, 0) is 24.6 Å². The Morgan fingerprint density at radius 2 is 1.72 bits per heavy atom. The lowest BCUT2D eigenvalue weighted by molar-refractivity contribution is -0.150. The number of carbonyl (C=O) groups is 2. The van der Waals surface area contributed by atoms with E-state index in [1.54, 1.807) is 6.92 Å². The molecule has 1 aliphatic heterocycles. The van der Waals surface area contributed by atoms with Gasteiger partial charge in [-0.15, -0.1) is 0 Å². The van der Waals surface area contributed by atoms with Crippen LogP contribution in [0.5, 0.6) is 0 Å². The minimum Gasteiger partial charge on any atom is -0.466 e. The fraction of sp³-hybridized carbons (Fsp3) is 0.250. The van der Waals surface area contributed by atoms with Gasteiger partial charge in [-0.2, -0.15) is 0 Å². The summed E-state index contributed by atoms with van der Waals surface area (Å²) in [5, 5.41) is 0. The molecule has 2 aromatic carbocycles. The molecule has 1 atom stereocenters. The third kappa shape index (κ3) is 3.76. The Bertz CT molecular complexity index is 786. The van der Waals surface area contributed by atoms with Crippen molar-refractivity contribution < 1.29 is 19.1 Å². The summed E-state index contributed by atoms with van der Waals surface area (Å²) in [5.74, 6) is -0.748. The van der Waals surface area contributed by atoms with Crippen molar-refractivity contribution in [1.82, 2.24) is 0 Å². The first kappa shape index (κ1) is 16.9. The largest absolute Gasteiger partial charge is 0.466 e. The molecule has 0 amide bonds. The van der Waals surface area contributed by atoms with Crippen molar-refractivity contribution >= 4 is 17.8 Å². The van der Waals surface area contributed by atoms with Crippen LogP contribution in [0, 0.1) is 0 Å². The molecular weight excluding hydrogens is 318 g/mol. The topological polar surface area (TPSA) is 65.0 Å². The highest BCUT2D eigenvalue weighted by Crippen LogP contribution is 2.31. The summed E-state index contributed by atoms with van der Waals surface area (Å²) < 4.78 is 10.5. The summed E-state index contributed by atoms with van der Waals surface area (Å²) in [5.41, 5.74) is 0.315. The summed E-state index contributed by atoms with van der Waals surface area (Å²) in [4.78, 5) is 29.3. The van der Waals surface area contributed by atoms with E-state index in [2.05, 4.69) is 4.99 Å². The predicted octanol–water partition coefficient (Wildman–Crippen LogP) is 2.92. The second-order valence-electron chi connectivity index (χ2n) is 5.85. The summed E-state index contributed by atoms with van der Waals surface area (Å²) >= 11 is 0. The lowest BCUT2D eigenvalue weighted by Gasteiger charge is -2.21. The number of nitrogens with zero attached hydrogens (tertiary/aromatic N) is 1. The molecule has 0 aromatic heterocycles. The zero-order chi connectivity index (χ0) is 17.7. The van der Waals surface area contributed by atoms with Crippen LogP contribution in [0.2, 0.25) is 0 Å². The maximum Gasteiger partial charge on any atom is 0.341 e. The van der Waals surface area contributed by atoms with Gasteiger partial charge in [0.2, 0.25) is 5.90 Å². The Kier molecular flexibility index (Phi) is 4.93. The second-order valence-corrected chi connectivity index (χ2v) is 5.85. The number of cyclic esters (lactones) is 1. The van der Waals surface area contributed by atoms with E-state index in [9.17, 15) is 9.59 Å². The normalized spacial score (nSPS) is 19.2. The van der Waals surface area contributed by atoms with Crippen molar-refractivity contribution in [1.29, 1.82) is 0 Å². The zero-order valence-corrected chi connectivity index (χ0v) is 14.0. The van der Waals surface area contributed by atoms with Crippen molar-refractivity contribution in [2.75, 3.05) is 6.61 Å². The first-order valence-electron chi connectivity index (χ1n) is 8.20. The van der Waals surface area contributed by atoms with Crippen molar-refractivity contribution in [2.45, 2.75) is 25.3 Å². The molecule has 0 bridgehead atoms. The number of benzene rings is 2. The van der Waals surface area contributed by atoms with Crippen molar-refractivity contribution in [3.63, 3.8) is 0 Å². The Balaban J connectivity index is 1.96. The van der Waals surface area contributed by atoms with Crippen LogP contribution in [0.15, 0.2) is 65.7 Å². The third-order valence-corrected chi connectivity index (χ3v) is 3.99. The molecule has 1 aliphatic rings. The number of ether oxygens (including phenoxy) is 2. The molecule has 0 saturated carbocycles. The molecule has 25 heavy (non-hydrogen) atoms. The Hall–Kier alpha value is -2.95. The van der Waals surface area contributed by atoms with Gasteiger partial charge in [0, 0.05) is 12.0 Å². The van der Waals surface area contributed by atoms with E-state index < -0.39 is 17.5 Å². The minimum atomic E-state index is -1.29. The van der Waals surface area contributed by atoms with Gasteiger partial charge in [-0.25, -0.2) is 9.79 Å². The lowest BCUT2D eigenvalue weighted by atomic mass is 9.88. The molecule has 0 fully saturated rings. The van der Waals surface area contributed by atoms with Gasteiger partial charge < -0.3 is 9.47 Å². The number of hydrogen-bond donors (Lipinski definition) is 0. The molecule has 3 rings (SSSR count). The molecule has 0 aliphatic carbocycles. The predicted molar refractivity (Wildman–Crippen MR) is 93.2 cm³/mol. The van der Waals surface area contributed by atoms with Crippen LogP contribution >= 0.6 is 0 Å². The van der Waals surface area contributed by atoms with Gasteiger partial charge >= 0.3 is 11.9 Å². The van der Waals surface area contributed by atoms with Crippen molar-refractivity contribution in [3.8, 4) is 0 Å². The van der Waals surface area contributed by atoms with Gasteiger partial charge in [0.25, 0.3) is 0 Å². The van der Waals surface area contributed by atoms with Crippen LogP contribution in [-0.4, -0.2) is 30.0 Å².